The molecule has 0 aromatic rings. The zero-order valence-electron chi connectivity index (χ0n) is 2.57. The molecule has 3 radical (unpaired) electrons. The molecule has 3 nitrogen and oxygen atoms in total. The van der Waals surface area contributed by atoms with E-state index in [4.69, 9.17) is 9.79 Å². The fraction of sp³-hybridized carbons (Fsp3) is 0. The second kappa shape index (κ2) is 9.67. The van der Waals surface area contributed by atoms with E-state index in [0.29, 0.717) is 0 Å². The van der Waals surface area contributed by atoms with Gasteiger partial charge in [-0.15, -0.1) is 0 Å². The van der Waals surface area contributed by atoms with Crippen molar-refractivity contribution in [3.8, 4) is 0 Å². The van der Waals surface area contributed by atoms with Crippen molar-refractivity contribution in [1.29, 1.82) is 0 Å². The Hall–Kier alpha value is 1.45. The third kappa shape index (κ3) is 51.5. The van der Waals surface area contributed by atoms with Crippen LogP contribution in [0.1, 0.15) is 0 Å². The topological polar surface area (TPSA) is 63.2 Å². The fourth-order valence-corrected chi connectivity index (χ4v) is 0. The van der Waals surface area contributed by atoms with Gasteiger partial charge in [0.15, 0.2) is 0 Å². The second-order valence-electron chi connectivity index (χ2n) is 0.224. The Morgan fingerprint density at radius 2 is 1.33 bits per heavy atom. The monoisotopic (exact) mass is 277 g/mol. The normalized spacial score (nSPS) is 4.33. The molecular formula is HAsO3SSb. The zero-order chi connectivity index (χ0) is 3.58. The number of thiol groups is 1. The zero-order valence-corrected chi connectivity index (χ0v) is 7.89. The number of rotatable bonds is 0. The van der Waals surface area contributed by atoms with Gasteiger partial charge in [-0.05, 0) is 0 Å². The van der Waals surface area contributed by atoms with Gasteiger partial charge in [0.2, 0.25) is 0 Å². The molecule has 0 fully saturated rings. The molecule has 0 aromatic heterocycles. The van der Waals surface area contributed by atoms with Crippen molar-refractivity contribution in [2.24, 2.45) is 0 Å². The van der Waals surface area contributed by atoms with Crippen LogP contribution in [0.4, 0.5) is 0 Å². The third-order valence-corrected chi connectivity index (χ3v) is 0. The van der Waals surface area contributed by atoms with Gasteiger partial charge in [0.05, 0.1) is 0 Å². The van der Waals surface area contributed by atoms with Crippen molar-refractivity contribution >= 4 is 52.5 Å². The van der Waals surface area contributed by atoms with Crippen molar-refractivity contribution in [2.75, 3.05) is 0 Å². The summed E-state index contributed by atoms with van der Waals surface area (Å²) in [5.41, 5.74) is 0. The molecule has 6 heavy (non-hydrogen) atoms. The Morgan fingerprint density at radius 1 is 1.33 bits per heavy atom. The van der Waals surface area contributed by atoms with E-state index < -0.39 is 21.0 Å². The second-order valence-corrected chi connectivity index (χ2v) is 1.50. The van der Waals surface area contributed by atoms with Crippen molar-refractivity contribution in [3.63, 3.8) is 0 Å². The Morgan fingerprint density at radius 3 is 1.33 bits per heavy atom. The molecule has 0 bridgehead atoms. The minimum atomic E-state index is -4.20. The molecule has 0 heterocycles. The molecule has 0 unspecified atom stereocenters. The SMILES string of the molecule is [As+3].[O]=[Sb]([O-])[O-].[SH-]. The van der Waals surface area contributed by atoms with Gasteiger partial charge in [-0.1, -0.05) is 0 Å². The molecule has 0 rings (SSSR count). The Labute approximate surface area is 62.0 Å². The van der Waals surface area contributed by atoms with Crippen LogP contribution in [-0.2, 0) is 16.5 Å². The maximum atomic E-state index is 8.60. The minimum Gasteiger partial charge on any atom is -0.813 e. The van der Waals surface area contributed by atoms with Crippen LogP contribution in [0, 0.1) is 0 Å². The molecule has 6 heteroatoms. The Kier molecular flexibility index (Phi) is 25.2. The van der Waals surface area contributed by atoms with Crippen LogP contribution in [0.15, 0.2) is 0 Å². The average molecular weight is 278 g/mol. The first-order valence-electron chi connectivity index (χ1n) is 0.548. The first kappa shape index (κ1) is 15.7. The first-order valence-corrected chi connectivity index (χ1v) is 3.67. The quantitative estimate of drug-likeness (QED) is 0.262. The summed E-state index contributed by atoms with van der Waals surface area (Å²) < 4.78 is 25.8. The van der Waals surface area contributed by atoms with E-state index in [9.17, 15) is 0 Å². The van der Waals surface area contributed by atoms with Gasteiger partial charge in [0.1, 0.15) is 0 Å². The van der Waals surface area contributed by atoms with Crippen molar-refractivity contribution in [3.05, 3.63) is 0 Å². The maximum absolute atomic E-state index is 8.60. The van der Waals surface area contributed by atoms with Crippen LogP contribution < -0.4 is 6.77 Å². The summed E-state index contributed by atoms with van der Waals surface area (Å²) in [5, 5.41) is 0. The van der Waals surface area contributed by atoms with E-state index in [2.05, 4.69) is 0 Å². The summed E-state index contributed by atoms with van der Waals surface area (Å²) in [5.74, 6) is 0. The Balaban J connectivity index is -0.0000000450. The van der Waals surface area contributed by atoms with E-state index in [1.807, 2.05) is 0 Å². The van der Waals surface area contributed by atoms with E-state index in [1.54, 1.807) is 0 Å². The van der Waals surface area contributed by atoms with E-state index in [0.717, 1.165) is 0 Å². The van der Waals surface area contributed by atoms with Crippen molar-refractivity contribution < 1.29 is 9.79 Å². The molecular weight excluding hydrogens is 277 g/mol. The van der Waals surface area contributed by atoms with Crippen LogP contribution in [0.25, 0.3) is 0 Å². The Bertz CT molecular complexity index is 33.8. The first-order chi connectivity index (χ1) is 1.73. The molecule has 35 valence electrons. The molecule has 0 aliphatic heterocycles. The fourth-order valence-electron chi connectivity index (χ4n) is 0. The van der Waals surface area contributed by atoms with Crippen molar-refractivity contribution in [1.82, 2.24) is 0 Å². The molecule has 0 aliphatic carbocycles. The van der Waals surface area contributed by atoms with Gasteiger partial charge in [-0.3, -0.25) is 0 Å². The molecule has 0 N–H and O–H groups in total. The maximum Gasteiger partial charge on any atom is -0.813 e. The summed E-state index contributed by atoms with van der Waals surface area (Å²) in [6, 6.07) is 0. The van der Waals surface area contributed by atoms with Gasteiger partial charge in [-0.2, -0.15) is 0 Å². The van der Waals surface area contributed by atoms with Gasteiger partial charge in [-0.25, -0.2) is 0 Å². The van der Waals surface area contributed by atoms with Gasteiger partial charge in [0, 0.05) is 0 Å². The molecule has 0 saturated carbocycles. The molecule has 0 aromatic carbocycles. The van der Waals surface area contributed by atoms with Crippen molar-refractivity contribution in [2.45, 2.75) is 0 Å². The number of hydrogen-bond donors (Lipinski definition) is 0. The molecule has 0 amide bonds. The van der Waals surface area contributed by atoms with Gasteiger partial charge in [0.25, 0.3) is 0 Å². The van der Waals surface area contributed by atoms with Gasteiger partial charge >= 0.3 is 48.8 Å². The number of hydrogen-bond acceptors (Lipinski definition) is 4. The van der Waals surface area contributed by atoms with Crippen LogP contribution in [0.2, 0.25) is 0 Å². The average Bonchev–Trinajstić information content (AvgIpc) is 0.811. The van der Waals surface area contributed by atoms with E-state index in [-0.39, 0.29) is 31.4 Å². The van der Waals surface area contributed by atoms with Crippen LogP contribution in [-0.4, -0.2) is 39.0 Å². The van der Waals surface area contributed by atoms with Crippen LogP contribution in [0.5, 0.6) is 0 Å². The minimum absolute atomic E-state index is 0. The molecule has 0 saturated heterocycles. The predicted octanol–water partition coefficient (Wildman–Crippen LogP) is -3.53. The van der Waals surface area contributed by atoms with Gasteiger partial charge < -0.3 is 13.5 Å². The van der Waals surface area contributed by atoms with Crippen LogP contribution in [0.3, 0.4) is 0 Å². The molecule has 0 spiro atoms. The summed E-state index contributed by atoms with van der Waals surface area (Å²) >= 11 is -4.20. The standard InChI is InChI=1S/As.3O.H2S.Sb/h;;;;1H2;/q+3;;2*-1;;/p-1. The van der Waals surface area contributed by atoms with E-state index in [1.165, 1.54) is 0 Å². The third-order valence-electron chi connectivity index (χ3n) is 0. The smallest absolute Gasteiger partial charge is 0.813 e. The largest absolute Gasteiger partial charge is 0.813 e. The summed E-state index contributed by atoms with van der Waals surface area (Å²) in [7, 11) is 0. The van der Waals surface area contributed by atoms with E-state index >= 15 is 0 Å². The molecule has 0 atom stereocenters. The summed E-state index contributed by atoms with van der Waals surface area (Å²) in [6.45, 7) is 0. The predicted molar refractivity (Wildman–Crippen MR) is 21.0 cm³/mol. The molecule has 0 aliphatic rings. The van der Waals surface area contributed by atoms with Crippen LogP contribution >= 0.6 is 0 Å². The summed E-state index contributed by atoms with van der Waals surface area (Å²) in [4.78, 5) is 0. The summed E-state index contributed by atoms with van der Waals surface area (Å²) in [6.07, 6.45) is 0.